The zero-order valence-corrected chi connectivity index (χ0v) is 10.6. The number of nitrogens with two attached hydrogens (primary N) is 1. The molecule has 0 spiro atoms. The Morgan fingerprint density at radius 3 is 2.73 bits per heavy atom. The van der Waals surface area contributed by atoms with Gasteiger partial charge in [-0.25, -0.2) is 0 Å². The van der Waals surface area contributed by atoms with Gasteiger partial charge in [-0.05, 0) is 48.0 Å². The highest BCUT2D eigenvalue weighted by Gasteiger charge is 2.06. The molecule has 0 saturated heterocycles. The van der Waals surface area contributed by atoms with E-state index in [1.54, 1.807) is 0 Å². The molecule has 2 N–H and O–H groups in total. The lowest BCUT2D eigenvalue weighted by Gasteiger charge is -2.14. The van der Waals surface area contributed by atoms with Crippen molar-refractivity contribution in [2.24, 2.45) is 5.73 Å². The molecule has 0 fully saturated rings. The highest BCUT2D eigenvalue weighted by molar-refractivity contribution is 9.10. The normalized spacial score (nSPS) is 12.3. The molecule has 0 aliphatic carbocycles. The zero-order chi connectivity index (χ0) is 11.3. The fourth-order valence-electron chi connectivity index (χ4n) is 1.10. The summed E-state index contributed by atoms with van der Waals surface area (Å²) in [5.74, 6) is 1.62. The van der Waals surface area contributed by atoms with Crippen molar-refractivity contribution in [1.82, 2.24) is 0 Å². The molecule has 4 heteroatoms. The van der Waals surface area contributed by atoms with Crippen LogP contribution in [0, 0.1) is 0 Å². The number of rotatable bonds is 5. The third-order valence-electron chi connectivity index (χ3n) is 1.87. The van der Waals surface area contributed by atoms with E-state index in [-0.39, 0.29) is 6.10 Å². The Morgan fingerprint density at radius 2 is 2.20 bits per heavy atom. The van der Waals surface area contributed by atoms with Gasteiger partial charge in [0.05, 0.1) is 11.1 Å². The van der Waals surface area contributed by atoms with E-state index in [0.717, 1.165) is 16.0 Å². The smallest absolute Gasteiger partial charge is 0.134 e. The first kappa shape index (κ1) is 12.3. The lowest BCUT2D eigenvalue weighted by molar-refractivity contribution is 0.228. The first-order chi connectivity index (χ1) is 7.17. The SMILES string of the molecule is CCOc1ccc(OC(C)CN)c(Br)c1. The van der Waals surface area contributed by atoms with Crippen LogP contribution in [0.4, 0.5) is 0 Å². The summed E-state index contributed by atoms with van der Waals surface area (Å²) in [5.41, 5.74) is 5.48. The summed E-state index contributed by atoms with van der Waals surface area (Å²) >= 11 is 3.43. The van der Waals surface area contributed by atoms with Crippen LogP contribution < -0.4 is 15.2 Å². The molecule has 1 rings (SSSR count). The van der Waals surface area contributed by atoms with Gasteiger partial charge in [0.15, 0.2) is 0 Å². The van der Waals surface area contributed by atoms with Crippen molar-refractivity contribution in [2.45, 2.75) is 20.0 Å². The van der Waals surface area contributed by atoms with E-state index >= 15 is 0 Å². The van der Waals surface area contributed by atoms with Gasteiger partial charge in [0.1, 0.15) is 17.6 Å². The monoisotopic (exact) mass is 273 g/mol. The molecule has 1 aromatic rings. The third-order valence-corrected chi connectivity index (χ3v) is 2.49. The summed E-state index contributed by atoms with van der Waals surface area (Å²) < 4.78 is 11.8. The van der Waals surface area contributed by atoms with Crippen LogP contribution in [0.15, 0.2) is 22.7 Å². The predicted octanol–water partition coefficient (Wildman–Crippen LogP) is 2.57. The van der Waals surface area contributed by atoms with Gasteiger partial charge in [-0.3, -0.25) is 0 Å². The van der Waals surface area contributed by atoms with Crippen molar-refractivity contribution in [3.05, 3.63) is 22.7 Å². The molecule has 0 bridgehead atoms. The number of benzene rings is 1. The van der Waals surface area contributed by atoms with Crippen LogP contribution in [0.3, 0.4) is 0 Å². The van der Waals surface area contributed by atoms with E-state index in [0.29, 0.717) is 13.2 Å². The second-order valence-electron chi connectivity index (χ2n) is 3.19. The predicted molar refractivity (Wildman–Crippen MR) is 64.5 cm³/mol. The maximum Gasteiger partial charge on any atom is 0.134 e. The summed E-state index contributed by atoms with van der Waals surface area (Å²) in [7, 11) is 0. The molecule has 0 aromatic heterocycles. The fourth-order valence-corrected chi connectivity index (χ4v) is 1.55. The Balaban J connectivity index is 2.74. The van der Waals surface area contributed by atoms with Crippen LogP contribution in [-0.4, -0.2) is 19.3 Å². The Hall–Kier alpha value is -0.740. The third kappa shape index (κ3) is 3.72. The Bertz CT molecular complexity index is 317. The molecule has 15 heavy (non-hydrogen) atoms. The number of hydrogen-bond donors (Lipinski definition) is 1. The maximum absolute atomic E-state index is 5.60. The van der Waals surface area contributed by atoms with Gasteiger partial charge in [0.2, 0.25) is 0 Å². The van der Waals surface area contributed by atoms with Crippen LogP contribution in [-0.2, 0) is 0 Å². The molecular formula is C11H16BrNO2. The molecule has 0 heterocycles. The van der Waals surface area contributed by atoms with Crippen molar-refractivity contribution < 1.29 is 9.47 Å². The molecule has 1 aromatic carbocycles. The number of hydrogen-bond acceptors (Lipinski definition) is 3. The van der Waals surface area contributed by atoms with Crippen LogP contribution in [0.5, 0.6) is 11.5 Å². The standard InChI is InChI=1S/C11H16BrNO2/c1-3-14-9-4-5-11(10(12)6-9)15-8(2)7-13/h4-6,8H,3,7,13H2,1-2H3. The second-order valence-corrected chi connectivity index (χ2v) is 4.04. The quantitative estimate of drug-likeness (QED) is 0.897. The van der Waals surface area contributed by atoms with Crippen molar-refractivity contribution in [3.63, 3.8) is 0 Å². The molecule has 0 aliphatic rings. The summed E-state index contributed by atoms with van der Waals surface area (Å²) in [6.07, 6.45) is 0.0132. The molecule has 0 amide bonds. The fraction of sp³-hybridized carbons (Fsp3) is 0.455. The Kier molecular flexibility index (Phi) is 4.91. The first-order valence-corrected chi connectivity index (χ1v) is 5.75. The highest BCUT2D eigenvalue weighted by atomic mass is 79.9. The minimum atomic E-state index is 0.0132. The van der Waals surface area contributed by atoms with Gasteiger partial charge in [0, 0.05) is 6.54 Å². The van der Waals surface area contributed by atoms with E-state index in [1.165, 1.54) is 0 Å². The second kappa shape index (κ2) is 5.98. The topological polar surface area (TPSA) is 44.5 Å². The van der Waals surface area contributed by atoms with Crippen LogP contribution >= 0.6 is 15.9 Å². The van der Waals surface area contributed by atoms with Crippen molar-refractivity contribution in [3.8, 4) is 11.5 Å². The molecule has 84 valence electrons. The number of ether oxygens (including phenoxy) is 2. The lowest BCUT2D eigenvalue weighted by atomic mass is 10.3. The lowest BCUT2D eigenvalue weighted by Crippen LogP contribution is -2.22. The minimum absolute atomic E-state index is 0.0132. The molecule has 1 unspecified atom stereocenters. The van der Waals surface area contributed by atoms with Gasteiger partial charge < -0.3 is 15.2 Å². The summed E-state index contributed by atoms with van der Waals surface area (Å²) in [6.45, 7) is 5.04. The van der Waals surface area contributed by atoms with E-state index in [2.05, 4.69) is 15.9 Å². The van der Waals surface area contributed by atoms with Gasteiger partial charge in [-0.1, -0.05) is 0 Å². The van der Waals surface area contributed by atoms with Crippen molar-refractivity contribution >= 4 is 15.9 Å². The Morgan fingerprint density at radius 1 is 1.47 bits per heavy atom. The van der Waals surface area contributed by atoms with E-state index in [4.69, 9.17) is 15.2 Å². The van der Waals surface area contributed by atoms with E-state index in [9.17, 15) is 0 Å². The van der Waals surface area contributed by atoms with Gasteiger partial charge in [0.25, 0.3) is 0 Å². The number of halogens is 1. The molecule has 0 aliphatic heterocycles. The highest BCUT2D eigenvalue weighted by Crippen LogP contribution is 2.29. The van der Waals surface area contributed by atoms with Gasteiger partial charge in [-0.2, -0.15) is 0 Å². The van der Waals surface area contributed by atoms with Gasteiger partial charge >= 0.3 is 0 Å². The molecular weight excluding hydrogens is 258 g/mol. The van der Waals surface area contributed by atoms with Crippen molar-refractivity contribution in [1.29, 1.82) is 0 Å². The average molecular weight is 274 g/mol. The molecule has 1 atom stereocenters. The summed E-state index contributed by atoms with van der Waals surface area (Å²) in [5, 5.41) is 0. The maximum atomic E-state index is 5.60. The molecule has 0 radical (unpaired) electrons. The summed E-state index contributed by atoms with van der Waals surface area (Å²) in [6, 6.07) is 5.65. The average Bonchev–Trinajstić information content (AvgIpc) is 2.22. The van der Waals surface area contributed by atoms with Gasteiger partial charge in [-0.15, -0.1) is 0 Å². The molecule has 3 nitrogen and oxygen atoms in total. The van der Waals surface area contributed by atoms with Crippen LogP contribution in [0.1, 0.15) is 13.8 Å². The first-order valence-electron chi connectivity index (χ1n) is 4.96. The minimum Gasteiger partial charge on any atom is -0.494 e. The van der Waals surface area contributed by atoms with E-state index in [1.807, 2.05) is 32.0 Å². The molecule has 0 saturated carbocycles. The van der Waals surface area contributed by atoms with Crippen LogP contribution in [0.2, 0.25) is 0 Å². The van der Waals surface area contributed by atoms with E-state index < -0.39 is 0 Å². The largest absolute Gasteiger partial charge is 0.494 e. The van der Waals surface area contributed by atoms with Crippen molar-refractivity contribution in [2.75, 3.05) is 13.2 Å². The van der Waals surface area contributed by atoms with Crippen LogP contribution in [0.25, 0.3) is 0 Å². The summed E-state index contributed by atoms with van der Waals surface area (Å²) in [4.78, 5) is 0. The zero-order valence-electron chi connectivity index (χ0n) is 9.00. The Labute approximate surface area is 98.7 Å².